The minimum Gasteiger partial charge on any atom is -0.493 e. The first kappa shape index (κ1) is 11.2. The number of aromatic nitrogens is 4. The van der Waals surface area contributed by atoms with Gasteiger partial charge in [0.25, 0.3) is 0 Å². The van der Waals surface area contributed by atoms with Crippen molar-refractivity contribution in [2.24, 2.45) is 0 Å². The van der Waals surface area contributed by atoms with Gasteiger partial charge in [-0.15, -0.1) is 0 Å². The van der Waals surface area contributed by atoms with Gasteiger partial charge in [0, 0.05) is 19.0 Å². The summed E-state index contributed by atoms with van der Waals surface area (Å²) in [5.41, 5.74) is 3.89. The van der Waals surface area contributed by atoms with Gasteiger partial charge in [-0.1, -0.05) is 0 Å². The number of hydrogen-bond donors (Lipinski definition) is 2. The largest absolute Gasteiger partial charge is 0.493 e. The fraction of sp³-hybridized carbons (Fsp3) is 0.214. The number of nitrogens with one attached hydrogen (secondary N) is 2. The van der Waals surface area contributed by atoms with Crippen molar-refractivity contribution < 1.29 is 4.74 Å². The Balaban J connectivity index is 1.94. The van der Waals surface area contributed by atoms with Crippen molar-refractivity contribution >= 4 is 17.0 Å². The van der Waals surface area contributed by atoms with Gasteiger partial charge in [0.15, 0.2) is 5.65 Å². The Morgan fingerprint density at radius 2 is 2.25 bits per heavy atom. The lowest BCUT2D eigenvalue weighted by Gasteiger charge is -2.07. The van der Waals surface area contributed by atoms with Crippen LogP contribution in [0, 0.1) is 0 Å². The molecule has 0 atom stereocenters. The Kier molecular flexibility index (Phi) is 2.35. The molecule has 6 heteroatoms. The fourth-order valence-electron chi connectivity index (χ4n) is 2.50. The van der Waals surface area contributed by atoms with Crippen LogP contribution < -0.4 is 10.1 Å². The first-order chi connectivity index (χ1) is 9.85. The van der Waals surface area contributed by atoms with Gasteiger partial charge >= 0.3 is 0 Å². The zero-order chi connectivity index (χ0) is 13.5. The highest BCUT2D eigenvalue weighted by molar-refractivity contribution is 5.91. The van der Waals surface area contributed by atoms with Crippen molar-refractivity contribution in [2.75, 3.05) is 19.0 Å². The summed E-state index contributed by atoms with van der Waals surface area (Å²) in [4.78, 5) is 8.91. The molecule has 0 aliphatic carbocycles. The average molecular weight is 267 g/mol. The van der Waals surface area contributed by atoms with Gasteiger partial charge in [-0.25, -0.2) is 4.98 Å². The summed E-state index contributed by atoms with van der Waals surface area (Å²) in [6, 6.07) is 6.17. The molecule has 6 nitrogen and oxygen atoms in total. The maximum Gasteiger partial charge on any atom is 0.225 e. The molecule has 1 aliphatic rings. The third-order valence-corrected chi connectivity index (χ3v) is 3.50. The van der Waals surface area contributed by atoms with Gasteiger partial charge < -0.3 is 10.1 Å². The van der Waals surface area contributed by atoms with E-state index in [9.17, 15) is 0 Å². The van der Waals surface area contributed by atoms with E-state index in [0.717, 1.165) is 41.1 Å². The second-order valence-corrected chi connectivity index (χ2v) is 4.70. The molecule has 20 heavy (non-hydrogen) atoms. The third kappa shape index (κ3) is 1.61. The Hall–Kier alpha value is -2.63. The van der Waals surface area contributed by atoms with Crippen molar-refractivity contribution in [1.82, 2.24) is 20.2 Å². The molecular weight excluding hydrogens is 254 g/mol. The van der Waals surface area contributed by atoms with Crippen LogP contribution in [-0.2, 0) is 6.42 Å². The first-order valence-electron chi connectivity index (χ1n) is 6.50. The molecule has 3 heterocycles. The molecule has 3 aromatic rings. The van der Waals surface area contributed by atoms with Crippen molar-refractivity contribution in [3.05, 3.63) is 30.0 Å². The summed E-state index contributed by atoms with van der Waals surface area (Å²) < 4.78 is 5.54. The Morgan fingerprint density at radius 1 is 1.30 bits per heavy atom. The number of ether oxygens (including phenoxy) is 1. The Labute approximate surface area is 115 Å². The van der Waals surface area contributed by atoms with E-state index in [2.05, 4.69) is 31.5 Å². The highest BCUT2D eigenvalue weighted by Crippen LogP contribution is 2.32. The number of nitrogens with zero attached hydrogens (tertiary/aromatic N) is 3. The highest BCUT2D eigenvalue weighted by atomic mass is 16.5. The van der Waals surface area contributed by atoms with Crippen LogP contribution in [0.1, 0.15) is 5.56 Å². The van der Waals surface area contributed by atoms with Crippen LogP contribution in [0.4, 0.5) is 5.95 Å². The van der Waals surface area contributed by atoms with E-state index in [4.69, 9.17) is 4.74 Å². The quantitative estimate of drug-likeness (QED) is 0.742. The number of anilines is 1. The molecular formula is C14H13N5O. The predicted molar refractivity (Wildman–Crippen MR) is 75.9 cm³/mol. The number of benzene rings is 1. The number of fused-ring (bicyclic) bond motifs is 2. The molecule has 4 rings (SSSR count). The summed E-state index contributed by atoms with van der Waals surface area (Å²) in [7, 11) is 1.80. The first-order valence-corrected chi connectivity index (χ1v) is 6.50. The number of aromatic amines is 1. The minimum absolute atomic E-state index is 0.577. The van der Waals surface area contributed by atoms with Crippen LogP contribution >= 0.6 is 0 Å². The molecule has 0 fully saturated rings. The summed E-state index contributed by atoms with van der Waals surface area (Å²) in [5, 5.41) is 10.8. The smallest absolute Gasteiger partial charge is 0.225 e. The van der Waals surface area contributed by atoms with E-state index in [1.807, 2.05) is 12.1 Å². The standard InChI is InChI=1S/C14H13N5O/c1-15-14-17-12(10-7-16-19-13(10)18-14)9-2-3-11-8(6-9)4-5-20-11/h2-3,6-7H,4-5H2,1H3,(H2,15,16,17,18,19). The molecule has 0 radical (unpaired) electrons. The lowest BCUT2D eigenvalue weighted by molar-refractivity contribution is 0.357. The van der Waals surface area contributed by atoms with E-state index < -0.39 is 0 Å². The van der Waals surface area contributed by atoms with E-state index in [1.165, 1.54) is 5.56 Å². The van der Waals surface area contributed by atoms with Gasteiger partial charge in [-0.2, -0.15) is 10.1 Å². The highest BCUT2D eigenvalue weighted by Gasteiger charge is 2.16. The summed E-state index contributed by atoms with van der Waals surface area (Å²) in [6.07, 6.45) is 2.70. The number of hydrogen-bond acceptors (Lipinski definition) is 5. The van der Waals surface area contributed by atoms with Gasteiger partial charge in [0.1, 0.15) is 5.75 Å². The number of H-pyrrole nitrogens is 1. The maximum absolute atomic E-state index is 5.54. The normalized spacial score (nSPS) is 13.2. The zero-order valence-corrected chi connectivity index (χ0v) is 11.0. The molecule has 0 amide bonds. The number of rotatable bonds is 2. The van der Waals surface area contributed by atoms with Crippen LogP contribution in [-0.4, -0.2) is 33.8 Å². The molecule has 0 bridgehead atoms. The van der Waals surface area contributed by atoms with Gasteiger partial charge in [-0.05, 0) is 23.8 Å². The van der Waals surface area contributed by atoms with Crippen LogP contribution in [0.25, 0.3) is 22.3 Å². The topological polar surface area (TPSA) is 75.7 Å². The average Bonchev–Trinajstić information content (AvgIpc) is 3.13. The van der Waals surface area contributed by atoms with Gasteiger partial charge in [0.2, 0.25) is 5.95 Å². The van der Waals surface area contributed by atoms with E-state index >= 15 is 0 Å². The Bertz CT molecular complexity index is 795. The van der Waals surface area contributed by atoms with Crippen LogP contribution in [0.3, 0.4) is 0 Å². The van der Waals surface area contributed by atoms with E-state index in [-0.39, 0.29) is 0 Å². The lowest BCUT2D eigenvalue weighted by atomic mass is 10.0. The molecule has 1 aliphatic heterocycles. The molecule has 100 valence electrons. The third-order valence-electron chi connectivity index (χ3n) is 3.50. The molecule has 0 spiro atoms. The molecule has 2 aromatic heterocycles. The Morgan fingerprint density at radius 3 is 3.15 bits per heavy atom. The van der Waals surface area contributed by atoms with E-state index in [0.29, 0.717) is 5.95 Å². The zero-order valence-electron chi connectivity index (χ0n) is 11.0. The van der Waals surface area contributed by atoms with Crippen molar-refractivity contribution in [1.29, 1.82) is 0 Å². The van der Waals surface area contributed by atoms with Gasteiger partial charge in [0.05, 0.1) is 23.9 Å². The summed E-state index contributed by atoms with van der Waals surface area (Å²) >= 11 is 0. The van der Waals surface area contributed by atoms with Crippen molar-refractivity contribution in [3.8, 4) is 17.0 Å². The fourth-order valence-corrected chi connectivity index (χ4v) is 2.50. The predicted octanol–water partition coefficient (Wildman–Crippen LogP) is 2.00. The summed E-state index contributed by atoms with van der Waals surface area (Å²) in [6.45, 7) is 0.755. The van der Waals surface area contributed by atoms with Crippen molar-refractivity contribution in [3.63, 3.8) is 0 Å². The van der Waals surface area contributed by atoms with Crippen molar-refractivity contribution in [2.45, 2.75) is 6.42 Å². The molecule has 1 aromatic carbocycles. The van der Waals surface area contributed by atoms with Crippen LogP contribution in [0.2, 0.25) is 0 Å². The van der Waals surface area contributed by atoms with Crippen LogP contribution in [0.15, 0.2) is 24.4 Å². The SMILES string of the molecule is CNc1nc(-c2ccc3c(c2)CCO3)c2cn[nH]c2n1. The maximum atomic E-state index is 5.54. The summed E-state index contributed by atoms with van der Waals surface area (Å²) in [5.74, 6) is 1.55. The molecule has 0 saturated heterocycles. The van der Waals surface area contributed by atoms with Gasteiger partial charge in [-0.3, -0.25) is 5.10 Å². The monoisotopic (exact) mass is 267 g/mol. The lowest BCUT2D eigenvalue weighted by Crippen LogP contribution is -1.98. The van der Waals surface area contributed by atoms with E-state index in [1.54, 1.807) is 13.2 Å². The molecule has 0 saturated carbocycles. The van der Waals surface area contributed by atoms with Crippen LogP contribution in [0.5, 0.6) is 5.75 Å². The minimum atomic E-state index is 0.577. The second kappa shape index (κ2) is 4.19. The molecule has 0 unspecified atom stereocenters. The second-order valence-electron chi connectivity index (χ2n) is 4.70. The molecule has 2 N–H and O–H groups in total.